The van der Waals surface area contributed by atoms with Crippen molar-refractivity contribution in [2.24, 2.45) is 5.73 Å². The number of hydrogen-bond acceptors (Lipinski definition) is 4. The van der Waals surface area contributed by atoms with Gasteiger partial charge in [-0.1, -0.05) is 29.3 Å². The fraction of sp³-hybridized carbons (Fsp3) is 0.429. The maximum atomic E-state index is 12.1. The van der Waals surface area contributed by atoms with Crippen LogP contribution in [0.1, 0.15) is 26.3 Å². The van der Waals surface area contributed by atoms with Crippen molar-refractivity contribution in [1.82, 2.24) is 0 Å². The molecule has 0 radical (unpaired) electrons. The highest BCUT2D eigenvalue weighted by Gasteiger charge is 2.46. The number of carbonyl (C=O) groups is 2. The molecule has 1 aromatic carbocycles. The van der Waals surface area contributed by atoms with Gasteiger partial charge in [-0.2, -0.15) is 0 Å². The Hall–Kier alpha value is -1.30. The molecular weight excluding hydrogens is 317 g/mol. The van der Waals surface area contributed by atoms with Gasteiger partial charge in [0.2, 0.25) is 5.54 Å². The number of hydrogen-bond donors (Lipinski definition) is 2. The predicted octanol–water partition coefficient (Wildman–Crippen LogP) is 2.66. The number of ether oxygens (including phenoxy) is 1. The van der Waals surface area contributed by atoms with Crippen LogP contribution < -0.4 is 5.73 Å². The summed E-state index contributed by atoms with van der Waals surface area (Å²) >= 11 is 11.8. The summed E-state index contributed by atoms with van der Waals surface area (Å²) in [6.45, 7) is 4.88. The van der Waals surface area contributed by atoms with Crippen LogP contribution in [0.4, 0.5) is 0 Å². The average molecular weight is 334 g/mol. The van der Waals surface area contributed by atoms with E-state index in [1.165, 1.54) is 12.1 Å². The summed E-state index contributed by atoms with van der Waals surface area (Å²) in [6.07, 6.45) is -0.298. The van der Waals surface area contributed by atoms with Gasteiger partial charge in [-0.3, -0.25) is 0 Å². The largest absolute Gasteiger partial charge is 0.479 e. The molecule has 0 aliphatic rings. The van der Waals surface area contributed by atoms with E-state index in [4.69, 9.17) is 33.7 Å². The van der Waals surface area contributed by atoms with Gasteiger partial charge in [-0.15, -0.1) is 0 Å². The highest BCUT2D eigenvalue weighted by molar-refractivity contribution is 6.35. The van der Waals surface area contributed by atoms with Gasteiger partial charge in [-0.05, 0) is 38.5 Å². The van der Waals surface area contributed by atoms with Crippen molar-refractivity contribution >= 4 is 35.1 Å². The number of benzene rings is 1. The summed E-state index contributed by atoms with van der Waals surface area (Å²) in [7, 11) is 0. The molecule has 0 saturated carbocycles. The molecule has 1 rings (SSSR count). The highest BCUT2D eigenvalue weighted by atomic mass is 35.5. The Morgan fingerprint density at radius 2 is 1.86 bits per heavy atom. The second-order valence-electron chi connectivity index (χ2n) is 5.69. The minimum atomic E-state index is -2.22. The van der Waals surface area contributed by atoms with Gasteiger partial charge < -0.3 is 15.6 Å². The fourth-order valence-corrected chi connectivity index (χ4v) is 2.05. The fourth-order valence-electron chi connectivity index (χ4n) is 1.57. The Labute approximate surface area is 133 Å². The molecule has 7 heteroatoms. The molecule has 3 N–H and O–H groups in total. The van der Waals surface area contributed by atoms with Gasteiger partial charge in [0, 0.05) is 16.5 Å². The van der Waals surface area contributed by atoms with E-state index in [1.807, 2.05) is 0 Å². The third kappa shape index (κ3) is 4.59. The lowest BCUT2D eigenvalue weighted by Crippen LogP contribution is -2.58. The van der Waals surface area contributed by atoms with Crippen LogP contribution in [0.25, 0.3) is 0 Å². The second kappa shape index (κ2) is 6.22. The molecule has 1 atom stereocenters. The summed E-state index contributed by atoms with van der Waals surface area (Å²) in [5, 5.41) is 9.95. The number of esters is 1. The van der Waals surface area contributed by atoms with Crippen LogP contribution in [0.2, 0.25) is 10.0 Å². The van der Waals surface area contributed by atoms with E-state index >= 15 is 0 Å². The Kier molecular flexibility index (Phi) is 5.25. The van der Waals surface area contributed by atoms with Crippen molar-refractivity contribution in [1.29, 1.82) is 0 Å². The molecular formula is C14H17Cl2NO4. The summed E-state index contributed by atoms with van der Waals surface area (Å²) in [4.78, 5) is 23.5. The molecule has 5 nitrogen and oxygen atoms in total. The van der Waals surface area contributed by atoms with Crippen LogP contribution in [0.15, 0.2) is 18.2 Å². The number of halogens is 2. The lowest BCUT2D eigenvalue weighted by Gasteiger charge is -2.28. The van der Waals surface area contributed by atoms with Crippen molar-refractivity contribution in [2.75, 3.05) is 0 Å². The number of carboxylic acids is 1. The molecule has 0 saturated heterocycles. The normalized spacial score (nSPS) is 14.4. The number of carbonyl (C=O) groups excluding carboxylic acids is 1. The Morgan fingerprint density at radius 1 is 1.29 bits per heavy atom. The second-order valence-corrected chi connectivity index (χ2v) is 6.53. The minimum Gasteiger partial charge on any atom is -0.479 e. The summed E-state index contributed by atoms with van der Waals surface area (Å²) < 4.78 is 5.09. The molecule has 0 aliphatic carbocycles. The molecule has 0 fully saturated rings. The van der Waals surface area contributed by atoms with Crippen LogP contribution in [-0.2, 0) is 20.7 Å². The van der Waals surface area contributed by atoms with E-state index in [0.29, 0.717) is 10.6 Å². The van der Waals surface area contributed by atoms with Crippen LogP contribution in [0, 0.1) is 0 Å². The Balaban J connectivity index is 3.11. The summed E-state index contributed by atoms with van der Waals surface area (Å²) in [5.41, 5.74) is 3.10. The molecule has 1 aromatic rings. The SMILES string of the molecule is CC(C)(C)OC(=O)[C@](N)(Cc1ccc(Cl)cc1Cl)C(=O)O. The zero-order chi connectivity index (χ0) is 16.4. The van der Waals surface area contributed by atoms with E-state index in [0.717, 1.165) is 0 Å². The molecule has 0 heterocycles. The number of aliphatic carboxylic acids is 1. The molecule has 0 aliphatic heterocycles. The molecule has 0 bridgehead atoms. The van der Waals surface area contributed by atoms with Crippen molar-refractivity contribution in [3.05, 3.63) is 33.8 Å². The molecule has 0 spiro atoms. The monoisotopic (exact) mass is 333 g/mol. The van der Waals surface area contributed by atoms with Gasteiger partial charge >= 0.3 is 11.9 Å². The molecule has 0 aromatic heterocycles. The molecule has 21 heavy (non-hydrogen) atoms. The Morgan fingerprint density at radius 3 is 2.29 bits per heavy atom. The lowest BCUT2D eigenvalue weighted by atomic mass is 9.91. The van der Waals surface area contributed by atoms with Gasteiger partial charge in [0.1, 0.15) is 5.60 Å². The predicted molar refractivity (Wildman–Crippen MR) is 80.6 cm³/mol. The maximum Gasteiger partial charge on any atom is 0.338 e. The van der Waals surface area contributed by atoms with E-state index < -0.39 is 23.1 Å². The minimum absolute atomic E-state index is 0.238. The third-order valence-corrected chi connectivity index (χ3v) is 3.22. The van der Waals surface area contributed by atoms with Crippen molar-refractivity contribution in [2.45, 2.75) is 38.3 Å². The van der Waals surface area contributed by atoms with Crippen molar-refractivity contribution in [3.63, 3.8) is 0 Å². The average Bonchev–Trinajstić information content (AvgIpc) is 2.30. The van der Waals surface area contributed by atoms with E-state index in [1.54, 1.807) is 26.8 Å². The number of carboxylic acid groups (broad SMARTS) is 1. The summed E-state index contributed by atoms with van der Waals surface area (Å²) in [5.74, 6) is -2.50. The first-order valence-electron chi connectivity index (χ1n) is 6.15. The highest BCUT2D eigenvalue weighted by Crippen LogP contribution is 2.25. The quantitative estimate of drug-likeness (QED) is 0.653. The standard InChI is InChI=1S/C14H17Cl2NO4/c1-13(2,3)21-12(20)14(17,11(18)19)7-8-4-5-9(15)6-10(8)16/h4-6H,7,17H2,1-3H3,(H,18,19)/t14-/m0/s1. The zero-order valence-electron chi connectivity index (χ0n) is 11.9. The van der Waals surface area contributed by atoms with E-state index in [9.17, 15) is 14.7 Å². The lowest BCUT2D eigenvalue weighted by molar-refractivity contribution is -0.169. The Bertz CT molecular complexity index is 569. The van der Waals surface area contributed by atoms with Crippen molar-refractivity contribution in [3.8, 4) is 0 Å². The van der Waals surface area contributed by atoms with Gasteiger partial charge in [-0.25, -0.2) is 9.59 Å². The van der Waals surface area contributed by atoms with Crippen molar-refractivity contribution < 1.29 is 19.4 Å². The first kappa shape index (κ1) is 17.8. The molecule has 0 unspecified atom stereocenters. The van der Waals surface area contributed by atoms with Gasteiger partial charge in [0.05, 0.1) is 0 Å². The van der Waals surface area contributed by atoms with Gasteiger partial charge in [0.25, 0.3) is 0 Å². The number of rotatable bonds is 4. The molecule has 116 valence electrons. The first-order valence-corrected chi connectivity index (χ1v) is 6.91. The zero-order valence-corrected chi connectivity index (χ0v) is 13.5. The van der Waals surface area contributed by atoms with E-state index in [2.05, 4.69) is 0 Å². The van der Waals surface area contributed by atoms with Gasteiger partial charge in [0.15, 0.2) is 0 Å². The van der Waals surface area contributed by atoms with Crippen LogP contribution >= 0.6 is 23.2 Å². The first-order chi connectivity index (χ1) is 9.45. The van der Waals surface area contributed by atoms with Crippen LogP contribution in [0.3, 0.4) is 0 Å². The third-order valence-electron chi connectivity index (χ3n) is 2.63. The smallest absolute Gasteiger partial charge is 0.338 e. The molecule has 0 amide bonds. The van der Waals surface area contributed by atoms with E-state index in [-0.39, 0.29) is 11.4 Å². The maximum absolute atomic E-state index is 12.1. The van der Waals surface area contributed by atoms with Crippen LogP contribution in [0.5, 0.6) is 0 Å². The van der Waals surface area contributed by atoms with Crippen LogP contribution in [-0.4, -0.2) is 28.2 Å². The topological polar surface area (TPSA) is 89.6 Å². The number of nitrogens with two attached hydrogens (primary N) is 1. The summed E-state index contributed by atoms with van der Waals surface area (Å²) in [6, 6.07) is 4.52.